The van der Waals surface area contributed by atoms with Crippen molar-refractivity contribution in [2.24, 2.45) is 7.05 Å². The molecule has 0 saturated heterocycles. The first-order chi connectivity index (χ1) is 12.9. The summed E-state index contributed by atoms with van der Waals surface area (Å²) in [7, 11) is 1.35. The number of rotatable bonds is 6. The molecule has 27 heavy (non-hydrogen) atoms. The zero-order valence-electron chi connectivity index (χ0n) is 14.6. The second-order valence-corrected chi connectivity index (χ2v) is 7.11. The Bertz CT molecular complexity index is 948. The topological polar surface area (TPSA) is 46.9 Å². The van der Waals surface area contributed by atoms with Gasteiger partial charge in [-0.05, 0) is 16.3 Å². The summed E-state index contributed by atoms with van der Waals surface area (Å²) in [5.41, 5.74) is -0.425. The molecule has 1 heterocycles. The van der Waals surface area contributed by atoms with Crippen molar-refractivity contribution in [2.45, 2.75) is 11.9 Å². The quantitative estimate of drug-likeness (QED) is 0.637. The fraction of sp³-hybridized carbons (Fsp3) is 0.263. The van der Waals surface area contributed by atoms with Crippen LogP contribution in [0.5, 0.6) is 0 Å². The van der Waals surface area contributed by atoms with Crippen LogP contribution in [-0.4, -0.2) is 28.0 Å². The number of carbonyl (C=O) groups excluding carboxylic acids is 1. The molecule has 0 unspecified atom stereocenters. The van der Waals surface area contributed by atoms with Crippen molar-refractivity contribution >= 4 is 28.4 Å². The van der Waals surface area contributed by atoms with Crippen LogP contribution in [0.3, 0.4) is 0 Å². The maximum Gasteiger partial charge on any atom is 0.435 e. The zero-order valence-corrected chi connectivity index (χ0v) is 15.4. The van der Waals surface area contributed by atoms with E-state index >= 15 is 0 Å². The Morgan fingerprint density at radius 3 is 2.70 bits per heavy atom. The Balaban J connectivity index is 1.53. The van der Waals surface area contributed by atoms with Gasteiger partial charge in [0, 0.05) is 31.3 Å². The van der Waals surface area contributed by atoms with Crippen molar-refractivity contribution in [1.82, 2.24) is 15.1 Å². The summed E-state index contributed by atoms with van der Waals surface area (Å²) in [4.78, 5) is 12.1. The lowest BCUT2D eigenvalue weighted by Gasteiger charge is -2.08. The summed E-state index contributed by atoms with van der Waals surface area (Å²) in [6.45, 7) is 0.278. The molecule has 3 aromatic rings. The molecule has 3 rings (SSSR count). The third-order valence-electron chi connectivity index (χ3n) is 4.01. The molecular weight excluding hydrogens is 375 g/mol. The van der Waals surface area contributed by atoms with Gasteiger partial charge < -0.3 is 5.32 Å². The summed E-state index contributed by atoms with van der Waals surface area (Å²) < 4.78 is 39.8. The van der Waals surface area contributed by atoms with E-state index in [1.54, 1.807) is 11.8 Å². The molecule has 0 fully saturated rings. The predicted octanol–water partition coefficient (Wildman–Crippen LogP) is 4.26. The number of fused-ring (bicyclic) bond motifs is 1. The van der Waals surface area contributed by atoms with Gasteiger partial charge in [0.1, 0.15) is 0 Å². The molecule has 0 aliphatic carbocycles. The van der Waals surface area contributed by atoms with E-state index in [4.69, 9.17) is 0 Å². The first-order valence-corrected chi connectivity index (χ1v) is 9.45. The fourth-order valence-electron chi connectivity index (χ4n) is 2.80. The number of nitrogens with zero attached hydrogens (tertiary/aromatic N) is 2. The van der Waals surface area contributed by atoms with Gasteiger partial charge in [0.15, 0.2) is 5.69 Å². The number of alkyl halides is 3. The van der Waals surface area contributed by atoms with Crippen LogP contribution in [0, 0.1) is 0 Å². The Labute approximate surface area is 158 Å². The largest absolute Gasteiger partial charge is 0.435 e. The summed E-state index contributed by atoms with van der Waals surface area (Å²) in [5.74, 6) is 0.593. The van der Waals surface area contributed by atoms with Gasteiger partial charge in [-0.1, -0.05) is 42.5 Å². The summed E-state index contributed by atoms with van der Waals surface area (Å²) in [6.07, 6.45) is -3.57. The second kappa shape index (κ2) is 8.04. The lowest BCUT2D eigenvalue weighted by molar-refractivity contribution is -0.141. The molecule has 0 bridgehead atoms. The lowest BCUT2D eigenvalue weighted by Crippen LogP contribution is -2.27. The van der Waals surface area contributed by atoms with Crippen LogP contribution in [-0.2, 0) is 19.0 Å². The smallest absolute Gasteiger partial charge is 0.351 e. The van der Waals surface area contributed by atoms with E-state index < -0.39 is 23.3 Å². The highest BCUT2D eigenvalue weighted by atomic mass is 32.2. The van der Waals surface area contributed by atoms with Crippen LogP contribution in [0.1, 0.15) is 21.6 Å². The van der Waals surface area contributed by atoms with Gasteiger partial charge >= 0.3 is 6.18 Å². The van der Waals surface area contributed by atoms with Crippen molar-refractivity contribution in [2.75, 3.05) is 12.3 Å². The number of nitrogens with one attached hydrogen (secondary N) is 1. The number of carbonyl (C=O) groups is 1. The Morgan fingerprint density at radius 2 is 1.93 bits per heavy atom. The number of thioether (sulfide) groups is 1. The zero-order chi connectivity index (χ0) is 19.4. The van der Waals surface area contributed by atoms with Crippen LogP contribution < -0.4 is 5.32 Å². The standard InChI is InChI=1S/C19H18F3N3OS/c1-25-11-16(17(24-25)19(20,21)22)18(26)23-9-10-27-12-14-7-4-6-13-5-2-3-8-15(13)14/h2-8,11H,9-10,12H2,1H3,(H,23,26). The third-order valence-corrected chi connectivity index (χ3v) is 5.02. The van der Waals surface area contributed by atoms with Crippen molar-refractivity contribution in [3.63, 3.8) is 0 Å². The highest BCUT2D eigenvalue weighted by Gasteiger charge is 2.38. The third kappa shape index (κ3) is 4.63. The van der Waals surface area contributed by atoms with Gasteiger partial charge in [0.25, 0.3) is 5.91 Å². The summed E-state index contributed by atoms with van der Waals surface area (Å²) in [6, 6.07) is 14.2. The number of aryl methyl sites for hydroxylation is 1. The van der Waals surface area contributed by atoms with E-state index in [9.17, 15) is 18.0 Å². The molecule has 0 atom stereocenters. The molecule has 0 aliphatic heterocycles. The Hall–Kier alpha value is -2.48. The van der Waals surface area contributed by atoms with Crippen LogP contribution in [0.25, 0.3) is 10.8 Å². The molecule has 4 nitrogen and oxygen atoms in total. The molecule has 1 aromatic heterocycles. The van der Waals surface area contributed by atoms with E-state index in [2.05, 4.69) is 34.7 Å². The number of halogens is 3. The minimum Gasteiger partial charge on any atom is -0.351 e. The highest BCUT2D eigenvalue weighted by molar-refractivity contribution is 7.98. The van der Waals surface area contributed by atoms with Gasteiger partial charge in [-0.2, -0.15) is 30.0 Å². The molecule has 0 radical (unpaired) electrons. The van der Waals surface area contributed by atoms with Crippen LogP contribution in [0.15, 0.2) is 48.7 Å². The van der Waals surface area contributed by atoms with Gasteiger partial charge in [-0.3, -0.25) is 9.48 Å². The van der Waals surface area contributed by atoms with E-state index in [0.717, 1.165) is 16.6 Å². The molecule has 8 heteroatoms. The number of hydrogen-bond acceptors (Lipinski definition) is 3. The van der Waals surface area contributed by atoms with Crippen molar-refractivity contribution in [1.29, 1.82) is 0 Å². The Morgan fingerprint density at radius 1 is 1.19 bits per heavy atom. The molecule has 0 aliphatic rings. The minimum atomic E-state index is -4.66. The normalized spacial score (nSPS) is 11.7. The van der Waals surface area contributed by atoms with Crippen molar-refractivity contribution < 1.29 is 18.0 Å². The molecule has 2 aromatic carbocycles. The van der Waals surface area contributed by atoms with Gasteiger partial charge in [-0.25, -0.2) is 0 Å². The lowest BCUT2D eigenvalue weighted by atomic mass is 10.1. The van der Waals surface area contributed by atoms with Crippen molar-refractivity contribution in [3.05, 3.63) is 65.5 Å². The van der Waals surface area contributed by atoms with Crippen LogP contribution in [0.4, 0.5) is 13.2 Å². The monoisotopic (exact) mass is 393 g/mol. The number of amides is 1. The Kier molecular flexibility index (Phi) is 5.74. The fourth-order valence-corrected chi connectivity index (χ4v) is 3.66. The summed E-state index contributed by atoms with van der Waals surface area (Å²) in [5, 5.41) is 8.23. The predicted molar refractivity (Wildman–Crippen MR) is 101 cm³/mol. The number of aromatic nitrogens is 2. The van der Waals surface area contributed by atoms with E-state index in [0.29, 0.717) is 5.75 Å². The van der Waals surface area contributed by atoms with E-state index in [1.807, 2.05) is 18.2 Å². The molecule has 142 valence electrons. The van der Waals surface area contributed by atoms with Crippen LogP contribution >= 0.6 is 11.8 Å². The average Bonchev–Trinajstić information content (AvgIpc) is 3.04. The number of hydrogen-bond donors (Lipinski definition) is 1. The van der Waals surface area contributed by atoms with Gasteiger partial charge in [0.05, 0.1) is 5.56 Å². The first kappa shape index (κ1) is 19.3. The molecular formula is C19H18F3N3OS. The molecule has 0 spiro atoms. The number of benzene rings is 2. The summed E-state index contributed by atoms with van der Waals surface area (Å²) >= 11 is 1.62. The molecule has 1 N–H and O–H groups in total. The van der Waals surface area contributed by atoms with Crippen LogP contribution in [0.2, 0.25) is 0 Å². The van der Waals surface area contributed by atoms with E-state index in [-0.39, 0.29) is 6.54 Å². The van der Waals surface area contributed by atoms with Crippen molar-refractivity contribution in [3.8, 4) is 0 Å². The van der Waals surface area contributed by atoms with Gasteiger partial charge in [-0.15, -0.1) is 0 Å². The highest BCUT2D eigenvalue weighted by Crippen LogP contribution is 2.30. The van der Waals surface area contributed by atoms with Gasteiger partial charge in [0.2, 0.25) is 0 Å². The first-order valence-electron chi connectivity index (χ1n) is 8.29. The average molecular weight is 393 g/mol. The molecule has 0 saturated carbocycles. The minimum absolute atomic E-state index is 0.278. The maximum atomic E-state index is 12.9. The SMILES string of the molecule is Cn1cc(C(=O)NCCSCc2cccc3ccccc23)c(C(F)(F)F)n1. The molecule has 1 amide bonds. The maximum absolute atomic E-state index is 12.9. The second-order valence-electron chi connectivity index (χ2n) is 6.01. The van der Waals surface area contributed by atoms with E-state index in [1.165, 1.54) is 23.4 Å².